The highest BCUT2D eigenvalue weighted by molar-refractivity contribution is 6.03. The van der Waals surface area contributed by atoms with E-state index in [1.807, 2.05) is 0 Å². The van der Waals surface area contributed by atoms with Gasteiger partial charge in [-0.15, -0.1) is 0 Å². The summed E-state index contributed by atoms with van der Waals surface area (Å²) in [7, 11) is 1.27. The Hall–Kier alpha value is -1.43. The fourth-order valence-electron chi connectivity index (χ4n) is 1.31. The molecule has 0 saturated carbocycles. The van der Waals surface area contributed by atoms with Gasteiger partial charge in [0.15, 0.2) is 0 Å². The van der Waals surface area contributed by atoms with Crippen LogP contribution >= 0.6 is 0 Å². The SMILES string of the molecule is COC(=O)CN1CC(=O)NC(=O)C1(C)C. The molecule has 2 amide bonds. The van der Waals surface area contributed by atoms with Crippen LogP contribution in [-0.2, 0) is 19.1 Å². The molecule has 1 N–H and O–H groups in total. The van der Waals surface area contributed by atoms with Gasteiger partial charge in [-0.05, 0) is 13.8 Å². The number of imide groups is 1. The molecule has 1 saturated heterocycles. The quantitative estimate of drug-likeness (QED) is 0.466. The summed E-state index contributed by atoms with van der Waals surface area (Å²) in [4.78, 5) is 35.2. The van der Waals surface area contributed by atoms with E-state index in [1.165, 1.54) is 12.0 Å². The summed E-state index contributed by atoms with van der Waals surface area (Å²) >= 11 is 0. The third kappa shape index (κ3) is 2.33. The molecule has 6 nitrogen and oxygen atoms in total. The van der Waals surface area contributed by atoms with Crippen molar-refractivity contribution in [2.75, 3.05) is 20.2 Å². The van der Waals surface area contributed by atoms with Crippen molar-refractivity contribution in [3.63, 3.8) is 0 Å². The summed E-state index contributed by atoms with van der Waals surface area (Å²) in [5.41, 5.74) is -0.873. The Bertz CT molecular complexity index is 311. The lowest BCUT2D eigenvalue weighted by molar-refractivity contribution is -0.151. The largest absolute Gasteiger partial charge is 0.468 e. The van der Waals surface area contributed by atoms with Crippen LogP contribution in [0.5, 0.6) is 0 Å². The van der Waals surface area contributed by atoms with Crippen LogP contribution < -0.4 is 5.32 Å². The van der Waals surface area contributed by atoms with Crippen molar-refractivity contribution in [2.45, 2.75) is 19.4 Å². The number of hydrogen-bond donors (Lipinski definition) is 1. The zero-order valence-corrected chi connectivity index (χ0v) is 8.99. The highest BCUT2D eigenvalue weighted by atomic mass is 16.5. The molecule has 0 spiro atoms. The molecule has 1 rings (SSSR count). The molecule has 1 aliphatic heterocycles. The second-order valence-corrected chi connectivity index (χ2v) is 3.87. The Morgan fingerprint density at radius 2 is 2.13 bits per heavy atom. The van der Waals surface area contributed by atoms with Gasteiger partial charge in [-0.2, -0.15) is 0 Å². The van der Waals surface area contributed by atoms with E-state index in [9.17, 15) is 14.4 Å². The van der Waals surface area contributed by atoms with E-state index in [-0.39, 0.29) is 13.1 Å². The molecule has 84 valence electrons. The monoisotopic (exact) mass is 214 g/mol. The molecular formula is C9H14N2O4. The average Bonchev–Trinajstić information content (AvgIpc) is 2.14. The Labute approximate surface area is 87.6 Å². The third-order valence-corrected chi connectivity index (χ3v) is 2.48. The van der Waals surface area contributed by atoms with Gasteiger partial charge in [0.2, 0.25) is 11.8 Å². The minimum absolute atomic E-state index is 0.0217. The first kappa shape index (κ1) is 11.6. The van der Waals surface area contributed by atoms with Gasteiger partial charge in [-0.1, -0.05) is 0 Å². The van der Waals surface area contributed by atoms with E-state index >= 15 is 0 Å². The predicted octanol–water partition coefficient (Wildman–Crippen LogP) is -1.10. The average molecular weight is 214 g/mol. The smallest absolute Gasteiger partial charge is 0.319 e. The summed E-state index contributed by atoms with van der Waals surface area (Å²) in [5.74, 6) is -1.27. The number of carbonyl (C=O) groups is 3. The van der Waals surface area contributed by atoms with Gasteiger partial charge in [0, 0.05) is 0 Å². The fourth-order valence-corrected chi connectivity index (χ4v) is 1.31. The molecule has 0 bridgehead atoms. The second kappa shape index (κ2) is 3.98. The zero-order valence-electron chi connectivity index (χ0n) is 8.99. The molecule has 0 aromatic heterocycles. The van der Waals surface area contributed by atoms with Crippen molar-refractivity contribution in [1.29, 1.82) is 0 Å². The standard InChI is InChI=1S/C9H14N2O4/c1-9(2)8(14)10-6(12)4-11(9)5-7(13)15-3/h4-5H2,1-3H3,(H,10,12,14). The molecule has 0 aromatic carbocycles. The van der Waals surface area contributed by atoms with Gasteiger partial charge in [0.05, 0.1) is 25.7 Å². The lowest BCUT2D eigenvalue weighted by Gasteiger charge is -2.39. The van der Waals surface area contributed by atoms with Crippen LogP contribution in [0.3, 0.4) is 0 Å². The lowest BCUT2D eigenvalue weighted by Crippen LogP contribution is -2.64. The zero-order chi connectivity index (χ0) is 11.6. The first-order chi connectivity index (χ1) is 6.87. The predicted molar refractivity (Wildman–Crippen MR) is 50.8 cm³/mol. The maximum Gasteiger partial charge on any atom is 0.319 e. The molecule has 0 radical (unpaired) electrons. The summed E-state index contributed by atoms with van der Waals surface area (Å²) in [6, 6.07) is 0. The minimum atomic E-state index is -0.873. The highest BCUT2D eigenvalue weighted by Crippen LogP contribution is 2.17. The molecule has 1 fully saturated rings. The molecule has 0 atom stereocenters. The van der Waals surface area contributed by atoms with Gasteiger partial charge in [-0.3, -0.25) is 24.6 Å². The molecule has 0 aliphatic carbocycles. The summed E-state index contributed by atoms with van der Waals surface area (Å²) in [6.45, 7) is 3.26. The number of rotatable bonds is 2. The number of nitrogens with zero attached hydrogens (tertiary/aromatic N) is 1. The normalized spacial score (nSPS) is 21.0. The molecule has 0 aromatic rings. The molecule has 6 heteroatoms. The van der Waals surface area contributed by atoms with E-state index in [0.29, 0.717) is 0 Å². The van der Waals surface area contributed by atoms with Crippen LogP contribution in [0.15, 0.2) is 0 Å². The van der Waals surface area contributed by atoms with Crippen LogP contribution in [0, 0.1) is 0 Å². The number of hydrogen-bond acceptors (Lipinski definition) is 5. The van der Waals surface area contributed by atoms with Gasteiger partial charge in [-0.25, -0.2) is 0 Å². The molecule has 15 heavy (non-hydrogen) atoms. The summed E-state index contributed by atoms with van der Waals surface area (Å²) in [5, 5.41) is 2.22. The first-order valence-corrected chi connectivity index (χ1v) is 4.54. The number of methoxy groups -OCH3 is 1. The van der Waals surface area contributed by atoms with Gasteiger partial charge in [0.25, 0.3) is 0 Å². The Morgan fingerprint density at radius 3 is 2.67 bits per heavy atom. The Kier molecular flexibility index (Phi) is 3.09. The van der Waals surface area contributed by atoms with Gasteiger partial charge >= 0.3 is 5.97 Å². The first-order valence-electron chi connectivity index (χ1n) is 4.54. The van der Waals surface area contributed by atoms with Crippen LogP contribution in [0.25, 0.3) is 0 Å². The molecule has 1 heterocycles. The second-order valence-electron chi connectivity index (χ2n) is 3.87. The van der Waals surface area contributed by atoms with Crippen molar-refractivity contribution in [3.8, 4) is 0 Å². The number of esters is 1. The van der Waals surface area contributed by atoms with Gasteiger partial charge < -0.3 is 4.74 Å². The van der Waals surface area contributed by atoms with E-state index in [0.717, 1.165) is 0 Å². The number of ether oxygens (including phenoxy) is 1. The molecule has 1 aliphatic rings. The van der Waals surface area contributed by atoms with Crippen LogP contribution in [0.2, 0.25) is 0 Å². The van der Waals surface area contributed by atoms with Crippen molar-refractivity contribution < 1.29 is 19.1 Å². The van der Waals surface area contributed by atoms with Gasteiger partial charge in [0.1, 0.15) is 0 Å². The maximum absolute atomic E-state index is 11.5. The number of nitrogens with one attached hydrogen (secondary N) is 1. The van der Waals surface area contributed by atoms with E-state index in [4.69, 9.17) is 0 Å². The lowest BCUT2D eigenvalue weighted by atomic mass is 9.99. The number of carbonyl (C=O) groups excluding carboxylic acids is 3. The highest BCUT2D eigenvalue weighted by Gasteiger charge is 2.41. The van der Waals surface area contributed by atoms with Crippen molar-refractivity contribution >= 4 is 17.8 Å². The van der Waals surface area contributed by atoms with Crippen molar-refractivity contribution in [3.05, 3.63) is 0 Å². The van der Waals surface area contributed by atoms with Crippen LogP contribution in [-0.4, -0.2) is 48.4 Å². The van der Waals surface area contributed by atoms with Crippen LogP contribution in [0.4, 0.5) is 0 Å². The summed E-state index contributed by atoms with van der Waals surface area (Å²) in [6.07, 6.45) is 0. The maximum atomic E-state index is 11.5. The van der Waals surface area contributed by atoms with Crippen molar-refractivity contribution in [1.82, 2.24) is 10.2 Å². The van der Waals surface area contributed by atoms with E-state index < -0.39 is 23.3 Å². The third-order valence-electron chi connectivity index (χ3n) is 2.48. The molecule has 0 unspecified atom stereocenters. The van der Waals surface area contributed by atoms with Crippen LogP contribution in [0.1, 0.15) is 13.8 Å². The topological polar surface area (TPSA) is 75.7 Å². The Morgan fingerprint density at radius 1 is 1.53 bits per heavy atom. The summed E-state index contributed by atoms with van der Waals surface area (Å²) < 4.78 is 4.49. The number of piperazine rings is 1. The number of amides is 2. The fraction of sp³-hybridized carbons (Fsp3) is 0.667. The Balaban J connectivity index is 2.80. The minimum Gasteiger partial charge on any atom is -0.468 e. The van der Waals surface area contributed by atoms with Crippen molar-refractivity contribution in [2.24, 2.45) is 0 Å². The van der Waals surface area contributed by atoms with E-state index in [2.05, 4.69) is 10.1 Å². The molecular weight excluding hydrogens is 200 g/mol. The van der Waals surface area contributed by atoms with E-state index in [1.54, 1.807) is 13.8 Å².